The summed E-state index contributed by atoms with van der Waals surface area (Å²) >= 11 is 3.44. The summed E-state index contributed by atoms with van der Waals surface area (Å²) in [7, 11) is 0. The first-order chi connectivity index (χ1) is 7.29. The molecule has 0 aliphatic heterocycles. The number of anilines is 2. The molecule has 15 heavy (non-hydrogen) atoms. The Labute approximate surface area is 98.0 Å². The molecule has 0 spiro atoms. The van der Waals surface area contributed by atoms with Gasteiger partial charge in [-0.2, -0.15) is 4.98 Å². The zero-order chi connectivity index (χ0) is 10.7. The summed E-state index contributed by atoms with van der Waals surface area (Å²) < 4.78 is 0.927. The monoisotopic (exact) mass is 270 g/mol. The second-order valence-electron chi connectivity index (χ2n) is 3.74. The van der Waals surface area contributed by atoms with Crippen molar-refractivity contribution in [1.82, 2.24) is 9.97 Å². The van der Waals surface area contributed by atoms with E-state index in [2.05, 4.69) is 43.5 Å². The number of nitrogens with zero attached hydrogens (tertiary/aromatic N) is 2. The number of rotatable bonds is 5. The van der Waals surface area contributed by atoms with Crippen molar-refractivity contribution in [3.8, 4) is 0 Å². The average molecular weight is 271 g/mol. The van der Waals surface area contributed by atoms with E-state index in [1.54, 1.807) is 6.20 Å². The Hall–Kier alpha value is -0.840. The third kappa shape index (κ3) is 3.06. The van der Waals surface area contributed by atoms with E-state index in [-0.39, 0.29) is 0 Å². The highest BCUT2D eigenvalue weighted by Crippen LogP contribution is 2.28. The maximum atomic E-state index is 4.41. The van der Waals surface area contributed by atoms with Gasteiger partial charge in [0.2, 0.25) is 5.95 Å². The summed E-state index contributed by atoms with van der Waals surface area (Å²) in [6, 6.07) is 0.607. The lowest BCUT2D eigenvalue weighted by atomic mass is 10.5. The highest BCUT2D eigenvalue weighted by atomic mass is 79.9. The van der Waals surface area contributed by atoms with Crippen LogP contribution in [0.3, 0.4) is 0 Å². The van der Waals surface area contributed by atoms with E-state index in [9.17, 15) is 0 Å². The largest absolute Gasteiger partial charge is 0.366 e. The van der Waals surface area contributed by atoms with Gasteiger partial charge in [0.25, 0.3) is 0 Å². The molecule has 1 aliphatic carbocycles. The average Bonchev–Trinajstić information content (AvgIpc) is 3.03. The number of nitrogens with one attached hydrogen (secondary N) is 2. The van der Waals surface area contributed by atoms with Gasteiger partial charge in [-0.25, -0.2) is 4.98 Å². The van der Waals surface area contributed by atoms with Crippen LogP contribution in [-0.2, 0) is 0 Å². The maximum Gasteiger partial charge on any atom is 0.224 e. The predicted molar refractivity (Wildman–Crippen MR) is 65.2 cm³/mol. The van der Waals surface area contributed by atoms with Crippen molar-refractivity contribution in [2.75, 3.05) is 17.2 Å². The minimum atomic E-state index is 0.607. The first kappa shape index (κ1) is 10.7. The molecule has 0 unspecified atom stereocenters. The first-order valence-corrected chi connectivity index (χ1v) is 6.12. The van der Waals surface area contributed by atoms with Crippen molar-refractivity contribution in [2.45, 2.75) is 32.2 Å². The van der Waals surface area contributed by atoms with E-state index in [0.29, 0.717) is 12.0 Å². The Bertz CT molecular complexity index is 338. The summed E-state index contributed by atoms with van der Waals surface area (Å²) in [6.45, 7) is 3.03. The molecule has 0 bridgehead atoms. The first-order valence-electron chi connectivity index (χ1n) is 5.32. The van der Waals surface area contributed by atoms with Crippen LogP contribution in [0.25, 0.3) is 0 Å². The van der Waals surface area contributed by atoms with Crippen molar-refractivity contribution < 1.29 is 0 Å². The fourth-order valence-electron chi connectivity index (χ4n) is 1.21. The van der Waals surface area contributed by atoms with Crippen LogP contribution in [0.1, 0.15) is 26.2 Å². The van der Waals surface area contributed by atoms with Crippen molar-refractivity contribution in [3.63, 3.8) is 0 Å². The molecule has 0 atom stereocenters. The maximum absolute atomic E-state index is 4.41. The Balaban J connectivity index is 2.05. The topological polar surface area (TPSA) is 49.8 Å². The predicted octanol–water partition coefficient (Wildman–Crippen LogP) is 2.64. The van der Waals surface area contributed by atoms with Crippen molar-refractivity contribution in [1.29, 1.82) is 0 Å². The van der Waals surface area contributed by atoms with Gasteiger partial charge in [0.15, 0.2) is 0 Å². The van der Waals surface area contributed by atoms with Crippen LogP contribution in [0, 0.1) is 0 Å². The molecule has 0 saturated heterocycles. The Morgan fingerprint density at radius 3 is 3.00 bits per heavy atom. The summed E-state index contributed by atoms with van der Waals surface area (Å²) in [4.78, 5) is 8.60. The van der Waals surface area contributed by atoms with Crippen molar-refractivity contribution in [3.05, 3.63) is 10.7 Å². The van der Waals surface area contributed by atoms with Gasteiger partial charge in [0.05, 0.1) is 4.47 Å². The van der Waals surface area contributed by atoms with Crippen LogP contribution >= 0.6 is 15.9 Å². The summed E-state index contributed by atoms with van der Waals surface area (Å²) in [5, 5.41) is 6.54. The lowest BCUT2D eigenvalue weighted by Crippen LogP contribution is -2.09. The summed E-state index contributed by atoms with van der Waals surface area (Å²) in [5.41, 5.74) is 0. The smallest absolute Gasteiger partial charge is 0.224 e. The summed E-state index contributed by atoms with van der Waals surface area (Å²) in [6.07, 6.45) is 5.35. The molecule has 2 N–H and O–H groups in total. The molecule has 5 heteroatoms. The minimum absolute atomic E-state index is 0.607. The zero-order valence-electron chi connectivity index (χ0n) is 8.76. The third-order valence-corrected chi connectivity index (χ3v) is 2.78. The number of aromatic nitrogens is 2. The van der Waals surface area contributed by atoms with Crippen molar-refractivity contribution >= 4 is 27.7 Å². The van der Waals surface area contributed by atoms with Gasteiger partial charge in [-0.3, -0.25) is 0 Å². The fourth-order valence-corrected chi connectivity index (χ4v) is 1.52. The summed E-state index contributed by atoms with van der Waals surface area (Å²) in [5.74, 6) is 1.59. The molecule has 1 aliphatic rings. The second kappa shape index (κ2) is 4.79. The molecule has 4 nitrogen and oxygen atoms in total. The van der Waals surface area contributed by atoms with Gasteiger partial charge in [-0.1, -0.05) is 6.92 Å². The van der Waals surface area contributed by atoms with Gasteiger partial charge in [0.1, 0.15) is 5.82 Å². The Morgan fingerprint density at radius 1 is 1.53 bits per heavy atom. The Morgan fingerprint density at radius 2 is 2.33 bits per heavy atom. The van der Waals surface area contributed by atoms with Gasteiger partial charge in [-0.05, 0) is 35.2 Å². The standard InChI is InChI=1S/C10H15BrN4/c1-2-5-12-10-13-6-8(11)9(15-10)14-7-3-4-7/h6-7H,2-5H2,1H3,(H2,12,13,14,15). The number of hydrogen-bond donors (Lipinski definition) is 2. The van der Waals surface area contributed by atoms with Crippen LogP contribution in [0.2, 0.25) is 0 Å². The molecule has 1 saturated carbocycles. The van der Waals surface area contributed by atoms with Gasteiger partial charge in [0, 0.05) is 18.8 Å². The van der Waals surface area contributed by atoms with E-state index < -0.39 is 0 Å². The quantitative estimate of drug-likeness (QED) is 0.864. The van der Waals surface area contributed by atoms with E-state index in [1.165, 1.54) is 12.8 Å². The highest BCUT2D eigenvalue weighted by Gasteiger charge is 2.22. The molecule has 0 amide bonds. The SMILES string of the molecule is CCCNc1ncc(Br)c(NC2CC2)n1. The van der Waals surface area contributed by atoms with Crippen LogP contribution < -0.4 is 10.6 Å². The van der Waals surface area contributed by atoms with Crippen molar-refractivity contribution in [2.24, 2.45) is 0 Å². The van der Waals surface area contributed by atoms with Gasteiger partial charge < -0.3 is 10.6 Å². The van der Waals surface area contributed by atoms with Crippen LogP contribution in [0.15, 0.2) is 10.7 Å². The molecule has 2 rings (SSSR count). The molecule has 0 aromatic carbocycles. The normalized spacial score (nSPS) is 15.1. The molecule has 82 valence electrons. The molecular weight excluding hydrogens is 256 g/mol. The van der Waals surface area contributed by atoms with E-state index in [4.69, 9.17) is 0 Å². The van der Waals surface area contributed by atoms with E-state index in [0.717, 1.165) is 23.3 Å². The second-order valence-corrected chi connectivity index (χ2v) is 4.59. The number of halogens is 1. The fraction of sp³-hybridized carbons (Fsp3) is 0.600. The molecular formula is C10H15BrN4. The Kier molecular flexibility index (Phi) is 3.41. The van der Waals surface area contributed by atoms with Crippen LogP contribution in [0.4, 0.5) is 11.8 Å². The third-order valence-electron chi connectivity index (χ3n) is 2.20. The number of hydrogen-bond acceptors (Lipinski definition) is 4. The van der Waals surface area contributed by atoms with E-state index >= 15 is 0 Å². The lowest BCUT2D eigenvalue weighted by molar-refractivity contribution is 0.948. The highest BCUT2D eigenvalue weighted by molar-refractivity contribution is 9.10. The molecule has 0 radical (unpaired) electrons. The van der Waals surface area contributed by atoms with Crippen LogP contribution in [-0.4, -0.2) is 22.6 Å². The molecule has 1 fully saturated rings. The molecule has 1 heterocycles. The molecule has 1 aromatic rings. The zero-order valence-corrected chi connectivity index (χ0v) is 10.3. The van der Waals surface area contributed by atoms with Gasteiger partial charge >= 0.3 is 0 Å². The molecule has 1 aromatic heterocycles. The van der Waals surface area contributed by atoms with E-state index in [1.807, 2.05) is 0 Å². The van der Waals surface area contributed by atoms with Gasteiger partial charge in [-0.15, -0.1) is 0 Å². The van der Waals surface area contributed by atoms with Crippen LogP contribution in [0.5, 0.6) is 0 Å². The minimum Gasteiger partial charge on any atom is -0.366 e. The lowest BCUT2D eigenvalue weighted by Gasteiger charge is -2.08.